The van der Waals surface area contributed by atoms with E-state index in [-0.39, 0.29) is 10.6 Å². The molecule has 3 aromatic carbocycles. The molecule has 3 aromatic rings. The van der Waals surface area contributed by atoms with Crippen LogP contribution in [0, 0.1) is 26.6 Å². The van der Waals surface area contributed by atoms with E-state index < -0.39 is 28.3 Å². The van der Waals surface area contributed by atoms with Gasteiger partial charge in [-0.2, -0.15) is 0 Å². The van der Waals surface area contributed by atoms with Gasteiger partial charge in [0.15, 0.2) is 0 Å². The van der Waals surface area contributed by atoms with Crippen LogP contribution in [0.5, 0.6) is 0 Å². The summed E-state index contributed by atoms with van der Waals surface area (Å²) in [5.41, 5.74) is 3.32. The topological polar surface area (TPSA) is 66.5 Å². The van der Waals surface area contributed by atoms with Crippen molar-refractivity contribution in [3.63, 3.8) is 0 Å². The van der Waals surface area contributed by atoms with Crippen LogP contribution >= 0.6 is 0 Å². The van der Waals surface area contributed by atoms with Gasteiger partial charge in [0.25, 0.3) is 10.0 Å². The van der Waals surface area contributed by atoms with Crippen LogP contribution in [0.3, 0.4) is 0 Å². The van der Waals surface area contributed by atoms with Gasteiger partial charge in [-0.15, -0.1) is 0 Å². The van der Waals surface area contributed by atoms with Gasteiger partial charge in [-0.05, 0) is 74.4 Å². The highest BCUT2D eigenvalue weighted by molar-refractivity contribution is 7.92. The number of hydrogen-bond acceptors (Lipinski definition) is 3. The first-order valence-corrected chi connectivity index (χ1v) is 10.8. The maximum absolute atomic E-state index is 13.4. The molecule has 30 heavy (non-hydrogen) atoms. The summed E-state index contributed by atoms with van der Waals surface area (Å²) >= 11 is 0. The van der Waals surface area contributed by atoms with Gasteiger partial charge in [0, 0.05) is 5.69 Å². The Hall–Kier alpha value is -3.19. The average molecular weight is 427 g/mol. The van der Waals surface area contributed by atoms with Crippen molar-refractivity contribution >= 4 is 27.3 Å². The lowest BCUT2D eigenvalue weighted by molar-refractivity contribution is -0.114. The van der Waals surface area contributed by atoms with Crippen LogP contribution in [0.4, 0.5) is 15.8 Å². The van der Waals surface area contributed by atoms with E-state index in [1.807, 2.05) is 26.8 Å². The summed E-state index contributed by atoms with van der Waals surface area (Å²) in [5, 5.41) is 2.56. The third-order valence-corrected chi connectivity index (χ3v) is 6.29. The zero-order chi connectivity index (χ0) is 21.9. The lowest BCUT2D eigenvalue weighted by atomic mass is 10.1. The summed E-state index contributed by atoms with van der Waals surface area (Å²) in [4.78, 5) is 12.8. The highest BCUT2D eigenvalue weighted by Gasteiger charge is 2.27. The third kappa shape index (κ3) is 5.04. The van der Waals surface area contributed by atoms with E-state index in [1.165, 1.54) is 36.4 Å². The van der Waals surface area contributed by atoms with Gasteiger partial charge in [-0.25, -0.2) is 12.8 Å². The van der Waals surface area contributed by atoms with Crippen LogP contribution < -0.4 is 9.62 Å². The Morgan fingerprint density at radius 2 is 1.53 bits per heavy atom. The average Bonchev–Trinajstić information content (AvgIpc) is 2.65. The molecule has 0 atom stereocenters. The lowest BCUT2D eigenvalue weighted by Gasteiger charge is -2.25. The first-order valence-electron chi connectivity index (χ1n) is 9.38. The predicted molar refractivity (Wildman–Crippen MR) is 117 cm³/mol. The molecule has 0 aliphatic heterocycles. The van der Waals surface area contributed by atoms with E-state index in [2.05, 4.69) is 5.32 Å². The molecule has 0 bridgehead atoms. The Morgan fingerprint density at radius 1 is 0.900 bits per heavy atom. The van der Waals surface area contributed by atoms with Gasteiger partial charge >= 0.3 is 0 Å². The maximum Gasteiger partial charge on any atom is 0.264 e. The van der Waals surface area contributed by atoms with Crippen molar-refractivity contribution < 1.29 is 17.6 Å². The van der Waals surface area contributed by atoms with Crippen molar-refractivity contribution in [2.45, 2.75) is 25.7 Å². The number of benzene rings is 3. The number of hydrogen-bond donors (Lipinski definition) is 1. The van der Waals surface area contributed by atoms with Crippen LogP contribution in [0.2, 0.25) is 0 Å². The summed E-state index contributed by atoms with van der Waals surface area (Å²) in [6.07, 6.45) is 0. The number of anilines is 2. The number of amides is 1. The molecule has 5 nitrogen and oxygen atoms in total. The van der Waals surface area contributed by atoms with Crippen molar-refractivity contribution in [1.29, 1.82) is 0 Å². The summed E-state index contributed by atoms with van der Waals surface area (Å²) in [7, 11) is -4.00. The number of carbonyl (C=O) groups is 1. The highest BCUT2D eigenvalue weighted by Crippen LogP contribution is 2.26. The second-order valence-electron chi connectivity index (χ2n) is 7.23. The molecule has 0 spiro atoms. The van der Waals surface area contributed by atoms with E-state index in [9.17, 15) is 17.6 Å². The molecule has 0 radical (unpaired) electrons. The number of carbonyl (C=O) groups excluding carboxylic acids is 1. The van der Waals surface area contributed by atoms with E-state index in [1.54, 1.807) is 24.3 Å². The van der Waals surface area contributed by atoms with Gasteiger partial charge in [0.2, 0.25) is 5.91 Å². The van der Waals surface area contributed by atoms with Gasteiger partial charge in [0.1, 0.15) is 12.4 Å². The Balaban J connectivity index is 1.99. The zero-order valence-electron chi connectivity index (χ0n) is 17.0. The molecule has 0 saturated heterocycles. The van der Waals surface area contributed by atoms with Crippen molar-refractivity contribution in [2.75, 3.05) is 16.2 Å². The first kappa shape index (κ1) is 21.5. The minimum atomic E-state index is -4.00. The Labute approximate surface area is 176 Å². The van der Waals surface area contributed by atoms with E-state index in [4.69, 9.17) is 0 Å². The molecule has 0 saturated carbocycles. The fourth-order valence-corrected chi connectivity index (χ4v) is 4.55. The van der Waals surface area contributed by atoms with Crippen molar-refractivity contribution in [3.05, 3.63) is 89.2 Å². The number of nitrogens with one attached hydrogen (secondary N) is 1. The standard InChI is InChI=1S/C23H23FN2O3S/c1-16-7-9-22(10-8-16)30(28,29)26(21-12-17(2)11-18(3)13-21)15-23(27)25-20-6-4-5-19(24)14-20/h4-14H,15H2,1-3H3,(H,25,27). The molecular weight excluding hydrogens is 403 g/mol. The van der Waals surface area contributed by atoms with Crippen molar-refractivity contribution in [1.82, 2.24) is 0 Å². The minimum absolute atomic E-state index is 0.0887. The van der Waals surface area contributed by atoms with Gasteiger partial charge in [0.05, 0.1) is 10.6 Å². The van der Waals surface area contributed by atoms with Crippen LogP contribution in [0.1, 0.15) is 16.7 Å². The summed E-state index contributed by atoms with van der Waals surface area (Å²) in [6.45, 7) is 5.14. The zero-order valence-corrected chi connectivity index (χ0v) is 17.8. The predicted octanol–water partition coefficient (Wildman–Crippen LogP) is 4.58. The van der Waals surface area contributed by atoms with Crippen molar-refractivity contribution in [3.8, 4) is 0 Å². The molecule has 0 aliphatic rings. The SMILES string of the molecule is Cc1ccc(S(=O)(=O)N(CC(=O)Nc2cccc(F)c2)c2cc(C)cc(C)c2)cc1. The third-order valence-electron chi connectivity index (χ3n) is 4.50. The monoisotopic (exact) mass is 426 g/mol. The van der Waals surface area contributed by atoms with Crippen LogP contribution in [0.15, 0.2) is 71.6 Å². The van der Waals surface area contributed by atoms with Gasteiger partial charge < -0.3 is 5.32 Å². The molecule has 0 heterocycles. The smallest absolute Gasteiger partial charge is 0.264 e. The second kappa shape index (κ2) is 8.67. The number of halogens is 1. The first-order chi connectivity index (χ1) is 14.1. The quantitative estimate of drug-likeness (QED) is 0.627. The van der Waals surface area contributed by atoms with Crippen LogP contribution in [-0.2, 0) is 14.8 Å². The number of nitrogens with zero attached hydrogens (tertiary/aromatic N) is 1. The minimum Gasteiger partial charge on any atom is -0.324 e. The molecule has 1 N–H and O–H groups in total. The van der Waals surface area contributed by atoms with E-state index in [0.29, 0.717) is 5.69 Å². The fourth-order valence-electron chi connectivity index (χ4n) is 3.14. The Morgan fingerprint density at radius 3 is 2.13 bits per heavy atom. The lowest BCUT2D eigenvalue weighted by Crippen LogP contribution is -2.38. The molecule has 1 amide bonds. The highest BCUT2D eigenvalue weighted by atomic mass is 32.2. The summed E-state index contributed by atoms with van der Waals surface area (Å²) in [5.74, 6) is -1.07. The summed E-state index contributed by atoms with van der Waals surface area (Å²) < 4.78 is 41.3. The molecule has 0 aliphatic carbocycles. The molecule has 0 aromatic heterocycles. The molecule has 3 rings (SSSR count). The van der Waals surface area contributed by atoms with Gasteiger partial charge in [-0.3, -0.25) is 9.10 Å². The second-order valence-corrected chi connectivity index (χ2v) is 9.09. The van der Waals surface area contributed by atoms with Crippen molar-refractivity contribution in [2.24, 2.45) is 0 Å². The Bertz CT molecular complexity index is 1160. The Kier molecular flexibility index (Phi) is 6.22. The number of sulfonamides is 1. The largest absolute Gasteiger partial charge is 0.324 e. The molecule has 0 unspecified atom stereocenters. The van der Waals surface area contributed by atoms with Crippen LogP contribution in [-0.4, -0.2) is 20.9 Å². The number of aryl methyl sites for hydroxylation is 3. The van der Waals surface area contributed by atoms with E-state index >= 15 is 0 Å². The molecule has 0 fully saturated rings. The fraction of sp³-hybridized carbons (Fsp3) is 0.174. The molecular formula is C23H23FN2O3S. The molecule has 7 heteroatoms. The summed E-state index contributed by atoms with van der Waals surface area (Å²) in [6, 6.07) is 17.3. The van der Waals surface area contributed by atoms with E-state index in [0.717, 1.165) is 21.0 Å². The number of rotatable bonds is 6. The maximum atomic E-state index is 13.4. The van der Waals surface area contributed by atoms with Crippen LogP contribution in [0.25, 0.3) is 0 Å². The normalized spacial score (nSPS) is 11.2. The molecule has 156 valence electrons. The van der Waals surface area contributed by atoms with Gasteiger partial charge in [-0.1, -0.05) is 29.8 Å².